The van der Waals surface area contributed by atoms with Gasteiger partial charge < -0.3 is 10.1 Å². The van der Waals surface area contributed by atoms with Gasteiger partial charge >= 0.3 is 0 Å². The Morgan fingerprint density at radius 3 is 2.76 bits per heavy atom. The first kappa shape index (κ1) is 15.1. The van der Waals surface area contributed by atoms with Crippen molar-refractivity contribution in [3.8, 4) is 5.75 Å². The minimum atomic E-state index is -0.186. The molecule has 112 valence electrons. The monoisotopic (exact) mass is 287 g/mol. The molecule has 2 rings (SSSR count). The number of benzene rings is 1. The van der Waals surface area contributed by atoms with Crippen molar-refractivity contribution in [2.45, 2.75) is 34.2 Å². The summed E-state index contributed by atoms with van der Waals surface area (Å²) in [5.74, 6) is 1.28. The van der Waals surface area contributed by atoms with Gasteiger partial charge in [0.2, 0.25) is 0 Å². The van der Waals surface area contributed by atoms with Crippen LogP contribution in [0.15, 0.2) is 24.4 Å². The number of rotatable bonds is 5. The molecule has 1 amide bonds. The van der Waals surface area contributed by atoms with Gasteiger partial charge in [0.15, 0.2) is 6.61 Å². The van der Waals surface area contributed by atoms with Crippen LogP contribution in [0.25, 0.3) is 0 Å². The Morgan fingerprint density at radius 2 is 2.05 bits per heavy atom. The lowest BCUT2D eigenvalue weighted by Gasteiger charge is -2.12. The molecule has 0 saturated heterocycles. The van der Waals surface area contributed by atoms with Crippen molar-refractivity contribution < 1.29 is 9.53 Å². The number of carbonyl (C=O) groups excluding carboxylic acids is 1. The average molecular weight is 287 g/mol. The summed E-state index contributed by atoms with van der Waals surface area (Å²) < 4.78 is 7.35. The first-order valence-electron chi connectivity index (χ1n) is 7.04. The summed E-state index contributed by atoms with van der Waals surface area (Å²) in [6.07, 6.45) is 1.74. The van der Waals surface area contributed by atoms with Gasteiger partial charge in [-0.15, -0.1) is 0 Å². The smallest absolute Gasteiger partial charge is 0.263 e. The summed E-state index contributed by atoms with van der Waals surface area (Å²) in [5, 5.41) is 7.04. The van der Waals surface area contributed by atoms with Gasteiger partial charge in [-0.05, 0) is 44.9 Å². The van der Waals surface area contributed by atoms with Crippen LogP contribution in [0.4, 0.5) is 5.82 Å². The topological polar surface area (TPSA) is 56.2 Å². The van der Waals surface area contributed by atoms with Crippen LogP contribution in [0.1, 0.15) is 23.6 Å². The van der Waals surface area contributed by atoms with E-state index >= 15 is 0 Å². The molecule has 0 bridgehead atoms. The summed E-state index contributed by atoms with van der Waals surface area (Å²) in [5.41, 5.74) is 3.14. The number of anilines is 1. The number of hydrogen-bond donors (Lipinski definition) is 1. The first-order chi connectivity index (χ1) is 10.0. The van der Waals surface area contributed by atoms with E-state index in [-0.39, 0.29) is 12.5 Å². The van der Waals surface area contributed by atoms with Gasteiger partial charge in [0, 0.05) is 12.1 Å². The van der Waals surface area contributed by atoms with Crippen LogP contribution in [-0.2, 0) is 11.3 Å². The highest BCUT2D eigenvalue weighted by atomic mass is 16.5. The van der Waals surface area contributed by atoms with Crippen LogP contribution < -0.4 is 10.1 Å². The average Bonchev–Trinajstić information content (AvgIpc) is 2.81. The number of aryl methyl sites for hydroxylation is 3. The van der Waals surface area contributed by atoms with E-state index in [0.29, 0.717) is 6.54 Å². The second-order valence-electron chi connectivity index (χ2n) is 5.03. The molecule has 1 aromatic carbocycles. The molecule has 1 N–H and O–H groups in total. The number of nitrogens with zero attached hydrogens (tertiary/aromatic N) is 2. The number of carbonyl (C=O) groups is 1. The third-order valence-electron chi connectivity index (χ3n) is 3.49. The Morgan fingerprint density at radius 1 is 1.29 bits per heavy atom. The number of amides is 1. The van der Waals surface area contributed by atoms with E-state index in [0.717, 1.165) is 28.3 Å². The van der Waals surface area contributed by atoms with Crippen molar-refractivity contribution in [2.24, 2.45) is 0 Å². The molecule has 0 radical (unpaired) electrons. The van der Waals surface area contributed by atoms with Gasteiger partial charge in [-0.3, -0.25) is 4.79 Å². The molecule has 0 aliphatic heterocycles. The summed E-state index contributed by atoms with van der Waals surface area (Å²) in [4.78, 5) is 12.0. The molecule has 1 aromatic heterocycles. The second-order valence-corrected chi connectivity index (χ2v) is 5.03. The molecule has 1 heterocycles. The quantitative estimate of drug-likeness (QED) is 0.920. The fourth-order valence-electron chi connectivity index (χ4n) is 2.07. The van der Waals surface area contributed by atoms with Gasteiger partial charge in [0.05, 0.1) is 6.20 Å². The standard InChI is InChI=1S/C16H21N3O2/c1-5-19-16(12(3)9-17-19)18-15(20)10-21-14-8-6-7-11(2)13(14)4/h6-9H,5,10H2,1-4H3,(H,18,20). The Hall–Kier alpha value is -2.30. The molecular formula is C16H21N3O2. The van der Waals surface area contributed by atoms with Crippen molar-refractivity contribution in [1.82, 2.24) is 9.78 Å². The molecule has 21 heavy (non-hydrogen) atoms. The Labute approximate surface area is 124 Å². The fraction of sp³-hybridized carbons (Fsp3) is 0.375. The summed E-state index contributed by atoms with van der Waals surface area (Å²) in [6.45, 7) is 8.60. The van der Waals surface area contributed by atoms with Crippen LogP contribution in [0.5, 0.6) is 5.75 Å². The van der Waals surface area contributed by atoms with Crippen LogP contribution in [0.3, 0.4) is 0 Å². The van der Waals surface area contributed by atoms with E-state index in [1.54, 1.807) is 10.9 Å². The number of nitrogens with one attached hydrogen (secondary N) is 1. The molecule has 5 heteroatoms. The number of hydrogen-bond acceptors (Lipinski definition) is 3. The van der Waals surface area contributed by atoms with E-state index in [2.05, 4.69) is 10.4 Å². The number of ether oxygens (including phenoxy) is 1. The Bertz CT molecular complexity index is 647. The lowest BCUT2D eigenvalue weighted by molar-refractivity contribution is -0.118. The normalized spacial score (nSPS) is 10.5. The van der Waals surface area contributed by atoms with Crippen LogP contribution in [0.2, 0.25) is 0 Å². The largest absolute Gasteiger partial charge is 0.483 e. The first-order valence-corrected chi connectivity index (χ1v) is 7.04. The molecule has 0 saturated carbocycles. The summed E-state index contributed by atoms with van der Waals surface area (Å²) in [6, 6.07) is 5.81. The van der Waals surface area contributed by atoms with E-state index in [1.165, 1.54) is 0 Å². The SMILES string of the molecule is CCn1ncc(C)c1NC(=O)COc1cccc(C)c1C. The molecule has 0 unspecified atom stereocenters. The zero-order valence-corrected chi connectivity index (χ0v) is 12.9. The van der Waals surface area contributed by atoms with Crippen molar-refractivity contribution in [1.29, 1.82) is 0 Å². The van der Waals surface area contributed by atoms with Crippen LogP contribution in [-0.4, -0.2) is 22.3 Å². The third kappa shape index (κ3) is 3.42. The Balaban J connectivity index is 1.99. The maximum atomic E-state index is 12.0. The third-order valence-corrected chi connectivity index (χ3v) is 3.49. The van der Waals surface area contributed by atoms with Crippen molar-refractivity contribution in [2.75, 3.05) is 11.9 Å². The predicted octanol–water partition coefficient (Wildman–Crippen LogP) is 2.85. The summed E-state index contributed by atoms with van der Waals surface area (Å²) in [7, 11) is 0. The molecule has 0 aliphatic rings. The molecule has 0 spiro atoms. The van der Waals surface area contributed by atoms with Crippen molar-refractivity contribution in [3.63, 3.8) is 0 Å². The maximum Gasteiger partial charge on any atom is 0.263 e. The maximum absolute atomic E-state index is 12.0. The molecule has 0 atom stereocenters. The number of aromatic nitrogens is 2. The lowest BCUT2D eigenvalue weighted by atomic mass is 10.1. The summed E-state index contributed by atoms with van der Waals surface area (Å²) >= 11 is 0. The predicted molar refractivity (Wildman–Crippen MR) is 82.7 cm³/mol. The highest BCUT2D eigenvalue weighted by Gasteiger charge is 2.11. The molecule has 0 aliphatic carbocycles. The van der Waals surface area contributed by atoms with E-state index in [4.69, 9.17) is 4.74 Å². The van der Waals surface area contributed by atoms with Gasteiger partial charge in [-0.25, -0.2) is 4.68 Å². The van der Waals surface area contributed by atoms with Crippen LogP contribution >= 0.6 is 0 Å². The highest BCUT2D eigenvalue weighted by molar-refractivity contribution is 5.91. The zero-order chi connectivity index (χ0) is 15.4. The molecule has 2 aromatic rings. The van der Waals surface area contributed by atoms with Gasteiger partial charge in [-0.1, -0.05) is 12.1 Å². The fourth-order valence-corrected chi connectivity index (χ4v) is 2.07. The minimum Gasteiger partial charge on any atom is -0.483 e. The second kappa shape index (κ2) is 6.43. The molecule has 0 fully saturated rings. The highest BCUT2D eigenvalue weighted by Crippen LogP contribution is 2.20. The van der Waals surface area contributed by atoms with E-state index in [9.17, 15) is 4.79 Å². The van der Waals surface area contributed by atoms with Crippen molar-refractivity contribution >= 4 is 11.7 Å². The van der Waals surface area contributed by atoms with Gasteiger partial charge in [-0.2, -0.15) is 5.10 Å². The van der Waals surface area contributed by atoms with Gasteiger partial charge in [0.25, 0.3) is 5.91 Å². The zero-order valence-electron chi connectivity index (χ0n) is 12.9. The van der Waals surface area contributed by atoms with Crippen molar-refractivity contribution in [3.05, 3.63) is 41.1 Å². The van der Waals surface area contributed by atoms with E-state index in [1.807, 2.05) is 45.9 Å². The molecular weight excluding hydrogens is 266 g/mol. The lowest BCUT2D eigenvalue weighted by Crippen LogP contribution is -2.22. The van der Waals surface area contributed by atoms with Gasteiger partial charge in [0.1, 0.15) is 11.6 Å². The van der Waals surface area contributed by atoms with Crippen LogP contribution in [0, 0.1) is 20.8 Å². The minimum absolute atomic E-state index is 0.0153. The Kier molecular flexibility index (Phi) is 4.62. The van der Waals surface area contributed by atoms with E-state index < -0.39 is 0 Å². The molecule has 5 nitrogen and oxygen atoms in total.